The zero-order chi connectivity index (χ0) is 43.5. The van der Waals surface area contributed by atoms with Crippen molar-refractivity contribution in [3.63, 3.8) is 0 Å². The van der Waals surface area contributed by atoms with Crippen molar-refractivity contribution >= 4 is 22.9 Å². The smallest absolute Gasteiger partial charge is 0.314 e. The number of ether oxygens (including phenoxy) is 3. The number of unbranched alkanes of at least 4 members (excludes halogenated alkanes) is 3. The number of carbonyl (C=O) groups excluding carboxylic acids is 1. The lowest BCUT2D eigenvalue weighted by Crippen LogP contribution is -2.50. The molecule has 326 valence electrons. The second-order valence-electron chi connectivity index (χ2n) is 16.7. The normalized spacial score (nSPS) is 13.3. The van der Waals surface area contributed by atoms with Crippen LogP contribution in [0.15, 0.2) is 78.9 Å². The van der Waals surface area contributed by atoms with Gasteiger partial charge in [0, 0.05) is 25.2 Å². The minimum atomic E-state index is -2.30. The molecular formula is C46H71N4O7PSi. The zero-order valence-corrected chi connectivity index (χ0v) is 39.4. The van der Waals surface area contributed by atoms with Gasteiger partial charge in [-0.3, -0.25) is 0 Å². The molecule has 0 radical (unpaired) electrons. The van der Waals surface area contributed by atoms with E-state index in [0.717, 1.165) is 53.9 Å². The monoisotopic (exact) mass is 850 g/mol. The summed E-state index contributed by atoms with van der Waals surface area (Å²) in [5.74, 6) is 1.50. The molecule has 2 N–H and O–H groups in total. The molecule has 0 bridgehead atoms. The molecule has 0 aliphatic heterocycles. The highest BCUT2D eigenvalue weighted by Gasteiger charge is 2.42. The number of nitriles is 1. The molecule has 1 unspecified atom stereocenters. The third kappa shape index (κ3) is 15.2. The molecule has 13 heteroatoms. The zero-order valence-electron chi connectivity index (χ0n) is 37.5. The van der Waals surface area contributed by atoms with E-state index < -0.39 is 28.5 Å². The lowest BCUT2D eigenvalue weighted by atomic mass is 9.80. The summed E-state index contributed by atoms with van der Waals surface area (Å²) >= 11 is 0. The number of nitrogens with one attached hydrogen (secondary N) is 2. The van der Waals surface area contributed by atoms with E-state index in [2.05, 4.69) is 95.1 Å². The van der Waals surface area contributed by atoms with Gasteiger partial charge in [-0.15, -0.1) is 0 Å². The summed E-state index contributed by atoms with van der Waals surface area (Å²) in [6.45, 7) is 21.6. The van der Waals surface area contributed by atoms with Crippen molar-refractivity contribution in [1.29, 1.82) is 5.26 Å². The molecular weight excluding hydrogens is 780 g/mol. The second kappa shape index (κ2) is 24.7. The highest BCUT2D eigenvalue weighted by atomic mass is 31.2. The second-order valence-corrected chi connectivity index (χ2v) is 23.0. The summed E-state index contributed by atoms with van der Waals surface area (Å²) < 4.78 is 39.7. The van der Waals surface area contributed by atoms with Crippen molar-refractivity contribution in [1.82, 2.24) is 15.3 Å². The van der Waals surface area contributed by atoms with Crippen LogP contribution < -0.4 is 20.1 Å². The van der Waals surface area contributed by atoms with Crippen LogP contribution >= 0.6 is 8.53 Å². The first-order valence-electron chi connectivity index (χ1n) is 21.0. The van der Waals surface area contributed by atoms with Crippen LogP contribution in [-0.2, 0) is 23.8 Å². The van der Waals surface area contributed by atoms with E-state index in [0.29, 0.717) is 26.2 Å². The lowest BCUT2D eigenvalue weighted by Gasteiger charge is -2.41. The summed E-state index contributed by atoms with van der Waals surface area (Å²) in [5.41, 5.74) is 1.79. The van der Waals surface area contributed by atoms with Crippen LogP contribution in [0.25, 0.3) is 0 Å². The maximum atomic E-state index is 13.2. The van der Waals surface area contributed by atoms with Gasteiger partial charge in [0.05, 0.1) is 52.6 Å². The summed E-state index contributed by atoms with van der Waals surface area (Å²) in [6.07, 6.45) is 3.58. The van der Waals surface area contributed by atoms with Crippen LogP contribution in [0.3, 0.4) is 0 Å². The van der Waals surface area contributed by atoms with Gasteiger partial charge in [0.2, 0.25) is 0 Å². The molecule has 0 fully saturated rings. The highest BCUT2D eigenvalue weighted by Crippen LogP contribution is 2.46. The summed E-state index contributed by atoms with van der Waals surface area (Å²) in [5, 5.41) is 15.0. The van der Waals surface area contributed by atoms with E-state index in [4.69, 9.17) is 32.9 Å². The van der Waals surface area contributed by atoms with Crippen LogP contribution in [-0.4, -0.2) is 84.3 Å². The fraction of sp³-hybridized carbons (Fsp3) is 0.565. The predicted octanol–water partition coefficient (Wildman–Crippen LogP) is 10.6. The van der Waals surface area contributed by atoms with Gasteiger partial charge in [-0.05, 0) is 99.6 Å². The summed E-state index contributed by atoms with van der Waals surface area (Å²) in [6, 6.07) is 28.6. The molecule has 3 aromatic rings. The van der Waals surface area contributed by atoms with Gasteiger partial charge in [0.1, 0.15) is 17.1 Å². The molecule has 0 spiro atoms. The molecule has 0 aliphatic rings. The quantitative estimate of drug-likeness (QED) is 0.0352. The molecule has 2 atom stereocenters. The Bertz CT molecular complexity index is 1630. The number of hydrogen-bond acceptors (Lipinski definition) is 9. The number of hydrogen-bond donors (Lipinski definition) is 2. The van der Waals surface area contributed by atoms with Crippen molar-refractivity contribution in [2.75, 3.05) is 47.1 Å². The summed E-state index contributed by atoms with van der Waals surface area (Å²) in [4.78, 5) is 13.2. The van der Waals surface area contributed by atoms with Crippen LogP contribution in [0.1, 0.15) is 97.3 Å². The number of urea groups is 1. The first-order chi connectivity index (χ1) is 28.1. The molecule has 0 saturated heterocycles. The molecule has 3 aromatic carbocycles. The molecule has 2 amide bonds. The molecule has 11 nitrogen and oxygen atoms in total. The van der Waals surface area contributed by atoms with Crippen LogP contribution in [0, 0.1) is 11.3 Å². The average molecular weight is 851 g/mol. The number of methoxy groups -OCH3 is 2. The molecule has 0 aromatic heterocycles. The lowest BCUT2D eigenvalue weighted by molar-refractivity contribution is -0.0327. The standard InChI is InChI=1S/C46H71N4O7PSi/c1-36(2)50(37(3)4)58(56-33-19-30-47)55-32-18-13-12-17-31-48-44(51)49-34-43(57-59(10,11)45(5,6)7)35-54-46(38-20-15-14-16-21-38,39-22-26-41(52-8)27-23-39)40-24-28-42(53-9)29-25-40/h14-16,20-29,36-37,43H,12-13,17-19,31-35H2,1-11H3,(H2,48,49,51)/t43-,58?/m1/s1. The van der Waals surface area contributed by atoms with Crippen molar-refractivity contribution in [2.24, 2.45) is 0 Å². The molecule has 0 aliphatic carbocycles. The molecule has 0 heterocycles. The third-order valence-corrected chi connectivity index (χ3v) is 17.3. The molecule has 0 saturated carbocycles. The number of benzene rings is 3. The van der Waals surface area contributed by atoms with Gasteiger partial charge < -0.3 is 38.3 Å². The Hall–Kier alpha value is -3.53. The van der Waals surface area contributed by atoms with E-state index in [9.17, 15) is 4.79 Å². The van der Waals surface area contributed by atoms with E-state index in [-0.39, 0.29) is 36.3 Å². The highest BCUT2D eigenvalue weighted by molar-refractivity contribution is 7.44. The maximum Gasteiger partial charge on any atom is 0.314 e. The van der Waals surface area contributed by atoms with Gasteiger partial charge in [0.15, 0.2) is 8.32 Å². The first kappa shape index (κ1) is 49.8. The number of amides is 2. The van der Waals surface area contributed by atoms with Gasteiger partial charge in [0.25, 0.3) is 8.53 Å². The Morgan fingerprint density at radius 1 is 0.763 bits per heavy atom. The van der Waals surface area contributed by atoms with Gasteiger partial charge >= 0.3 is 6.03 Å². The van der Waals surface area contributed by atoms with Crippen molar-refractivity contribution < 1.29 is 32.5 Å². The Morgan fingerprint density at radius 2 is 1.29 bits per heavy atom. The number of nitrogens with zero attached hydrogens (tertiary/aromatic N) is 2. The Labute approximate surface area is 357 Å². The van der Waals surface area contributed by atoms with Crippen LogP contribution in [0.2, 0.25) is 18.1 Å². The van der Waals surface area contributed by atoms with Crippen LogP contribution in [0.5, 0.6) is 11.5 Å². The van der Waals surface area contributed by atoms with Gasteiger partial charge in [-0.1, -0.05) is 88.2 Å². The SMILES string of the molecule is COc1ccc(C(OC[C@@H](CNC(=O)NCCCCCCOP(OCCC#N)N(C(C)C)C(C)C)O[Si](C)(C)C(C)(C)C)(c2ccccc2)c2ccc(OC)cc2)cc1. The number of rotatable bonds is 26. The minimum absolute atomic E-state index is 0.0599. The third-order valence-electron chi connectivity index (χ3n) is 10.6. The van der Waals surface area contributed by atoms with Crippen molar-refractivity contribution in [2.45, 2.75) is 122 Å². The van der Waals surface area contributed by atoms with Crippen molar-refractivity contribution in [3.05, 3.63) is 95.6 Å². The summed E-state index contributed by atoms with van der Waals surface area (Å²) in [7, 11) is -0.216. The Kier molecular flexibility index (Phi) is 20.8. The molecule has 3 rings (SSSR count). The number of carbonyl (C=O) groups is 1. The Morgan fingerprint density at radius 3 is 1.80 bits per heavy atom. The Balaban J connectivity index is 1.69. The molecule has 59 heavy (non-hydrogen) atoms. The van der Waals surface area contributed by atoms with E-state index in [1.54, 1.807) is 14.2 Å². The maximum absolute atomic E-state index is 13.2. The van der Waals surface area contributed by atoms with E-state index >= 15 is 0 Å². The van der Waals surface area contributed by atoms with Gasteiger partial charge in [-0.25, -0.2) is 9.46 Å². The van der Waals surface area contributed by atoms with Gasteiger partial charge in [-0.2, -0.15) is 5.26 Å². The van der Waals surface area contributed by atoms with E-state index in [1.807, 2.05) is 66.7 Å². The minimum Gasteiger partial charge on any atom is -0.497 e. The predicted molar refractivity (Wildman–Crippen MR) is 241 cm³/mol. The van der Waals surface area contributed by atoms with E-state index in [1.165, 1.54) is 0 Å². The first-order valence-corrected chi connectivity index (χ1v) is 25.0. The largest absolute Gasteiger partial charge is 0.497 e. The fourth-order valence-electron chi connectivity index (χ4n) is 6.53. The van der Waals surface area contributed by atoms with Crippen LogP contribution in [0.4, 0.5) is 4.79 Å². The average Bonchev–Trinajstić information content (AvgIpc) is 3.21. The fourth-order valence-corrected chi connectivity index (χ4v) is 9.49. The van der Waals surface area contributed by atoms with Crippen molar-refractivity contribution in [3.8, 4) is 17.6 Å². The topological polar surface area (TPSA) is 124 Å².